The number of rotatable bonds is 4. The molecule has 0 aromatic carbocycles. The summed E-state index contributed by atoms with van der Waals surface area (Å²) in [7, 11) is 0. The molecule has 4 heterocycles. The topological polar surface area (TPSA) is 92.7 Å². The van der Waals surface area contributed by atoms with Crippen LogP contribution in [-0.2, 0) is 19.6 Å². The van der Waals surface area contributed by atoms with Crippen molar-refractivity contribution in [2.24, 2.45) is 5.92 Å². The molecule has 8 heteroatoms. The van der Waals surface area contributed by atoms with Gasteiger partial charge in [0.15, 0.2) is 0 Å². The Hall–Kier alpha value is -3.73. The number of carbonyl (C=O) groups is 1. The molecule has 150 valence electrons. The molecule has 1 aliphatic carbocycles. The molecule has 0 amide bonds. The minimum Gasteiger partial charge on any atom is -0.477 e. The summed E-state index contributed by atoms with van der Waals surface area (Å²) < 4.78 is 1.78. The first kappa shape index (κ1) is 18.3. The van der Waals surface area contributed by atoms with Gasteiger partial charge in [0, 0.05) is 25.5 Å². The number of anilines is 1. The lowest BCUT2D eigenvalue weighted by molar-refractivity contribution is 0.0694. The molecule has 3 aromatic rings. The molecule has 1 N–H and O–H groups in total. The Labute approximate surface area is 172 Å². The van der Waals surface area contributed by atoms with Crippen LogP contribution in [0.2, 0.25) is 0 Å². The number of carboxylic acids is 1. The molecule has 8 nitrogen and oxygen atoms in total. The molecule has 0 saturated heterocycles. The lowest BCUT2D eigenvalue weighted by Gasteiger charge is -2.27. The Morgan fingerprint density at radius 1 is 1.33 bits per heavy atom. The quantitative estimate of drug-likeness (QED) is 0.674. The van der Waals surface area contributed by atoms with E-state index in [1.54, 1.807) is 10.8 Å². The fraction of sp³-hybridized carbons (Fsp3) is 0.318. The van der Waals surface area contributed by atoms with Gasteiger partial charge in [0.2, 0.25) is 11.1 Å². The largest absolute Gasteiger partial charge is 0.477 e. The van der Waals surface area contributed by atoms with Crippen LogP contribution in [0.15, 0.2) is 35.4 Å². The van der Waals surface area contributed by atoms with Gasteiger partial charge >= 0.3 is 5.97 Å². The standard InChI is InChI=1S/C22H19N5O3/c1-23-17-8-15-19(28)16(22(29)30)11-26(9-13-4-2-5-13)20(15)25-21(17)27-10-14-6-3-7-24-18(14)12-27/h3,6-8,11,13H,2,4-5,9-10,12H2,(H,29,30). The van der Waals surface area contributed by atoms with Crippen LogP contribution < -0.4 is 10.3 Å². The van der Waals surface area contributed by atoms with Gasteiger partial charge in [-0.05, 0) is 36.5 Å². The summed E-state index contributed by atoms with van der Waals surface area (Å²) in [6, 6.07) is 5.38. The highest BCUT2D eigenvalue weighted by molar-refractivity contribution is 5.93. The summed E-state index contributed by atoms with van der Waals surface area (Å²) >= 11 is 0. The highest BCUT2D eigenvalue weighted by atomic mass is 16.4. The zero-order valence-electron chi connectivity index (χ0n) is 16.2. The lowest BCUT2D eigenvalue weighted by atomic mass is 9.85. The van der Waals surface area contributed by atoms with Crippen LogP contribution in [0.3, 0.4) is 0 Å². The first-order chi connectivity index (χ1) is 14.5. The second-order valence-electron chi connectivity index (χ2n) is 7.91. The zero-order valence-corrected chi connectivity index (χ0v) is 16.2. The van der Waals surface area contributed by atoms with Crippen LogP contribution in [0.4, 0.5) is 11.5 Å². The summed E-state index contributed by atoms with van der Waals surface area (Å²) in [6.45, 7) is 9.36. The van der Waals surface area contributed by atoms with Gasteiger partial charge in [0.25, 0.3) is 0 Å². The second kappa shape index (κ2) is 6.95. The maximum atomic E-state index is 12.8. The van der Waals surface area contributed by atoms with Gasteiger partial charge in [0.05, 0.1) is 24.2 Å². The number of fused-ring (bicyclic) bond motifs is 2. The van der Waals surface area contributed by atoms with Gasteiger partial charge in [-0.1, -0.05) is 12.5 Å². The van der Waals surface area contributed by atoms with Crippen molar-refractivity contribution in [3.8, 4) is 0 Å². The SMILES string of the molecule is [C-]#[N+]c1cc2c(=O)c(C(=O)O)cn(CC3CCC3)c2nc1N1Cc2cccnc2C1. The van der Waals surface area contributed by atoms with E-state index in [9.17, 15) is 14.7 Å². The van der Waals surface area contributed by atoms with Crippen LogP contribution >= 0.6 is 0 Å². The second-order valence-corrected chi connectivity index (χ2v) is 7.91. The molecule has 2 aliphatic rings. The maximum absolute atomic E-state index is 12.8. The van der Waals surface area contributed by atoms with Crippen molar-refractivity contribution in [3.63, 3.8) is 0 Å². The number of aromatic carboxylic acids is 1. The molecule has 0 radical (unpaired) electrons. The summed E-state index contributed by atoms with van der Waals surface area (Å²) in [6.07, 6.45) is 6.47. The fourth-order valence-electron chi connectivity index (χ4n) is 4.20. The molecule has 1 fully saturated rings. The fourth-order valence-corrected chi connectivity index (χ4v) is 4.20. The van der Waals surface area contributed by atoms with E-state index >= 15 is 0 Å². The van der Waals surface area contributed by atoms with Crippen molar-refractivity contribution < 1.29 is 9.90 Å². The summed E-state index contributed by atoms with van der Waals surface area (Å²) in [5.41, 5.74) is 1.82. The van der Waals surface area contributed by atoms with Crippen molar-refractivity contribution in [2.75, 3.05) is 4.90 Å². The number of pyridine rings is 3. The van der Waals surface area contributed by atoms with E-state index in [4.69, 9.17) is 11.6 Å². The van der Waals surface area contributed by atoms with Crippen molar-refractivity contribution in [1.29, 1.82) is 0 Å². The zero-order chi connectivity index (χ0) is 20.8. The molecule has 1 saturated carbocycles. The number of hydrogen-bond donors (Lipinski definition) is 1. The highest BCUT2D eigenvalue weighted by Crippen LogP contribution is 2.35. The maximum Gasteiger partial charge on any atom is 0.341 e. The first-order valence-corrected chi connectivity index (χ1v) is 9.92. The van der Waals surface area contributed by atoms with Gasteiger partial charge in [-0.3, -0.25) is 9.78 Å². The van der Waals surface area contributed by atoms with Crippen molar-refractivity contribution in [1.82, 2.24) is 14.5 Å². The third-order valence-electron chi connectivity index (χ3n) is 6.03. The van der Waals surface area contributed by atoms with E-state index in [2.05, 4.69) is 9.83 Å². The molecule has 30 heavy (non-hydrogen) atoms. The van der Waals surface area contributed by atoms with Crippen LogP contribution in [0, 0.1) is 12.5 Å². The van der Waals surface area contributed by atoms with E-state index in [1.165, 1.54) is 12.3 Å². The number of aromatic nitrogens is 3. The first-order valence-electron chi connectivity index (χ1n) is 9.92. The van der Waals surface area contributed by atoms with Crippen LogP contribution in [-0.4, -0.2) is 25.6 Å². The Morgan fingerprint density at radius 3 is 2.83 bits per heavy atom. The van der Waals surface area contributed by atoms with E-state index in [1.807, 2.05) is 17.0 Å². The van der Waals surface area contributed by atoms with Gasteiger partial charge in [-0.25, -0.2) is 14.6 Å². The molecule has 1 aliphatic heterocycles. The van der Waals surface area contributed by atoms with Crippen LogP contribution in [0.5, 0.6) is 0 Å². The molecule has 0 spiro atoms. The van der Waals surface area contributed by atoms with Gasteiger partial charge in [-0.15, -0.1) is 0 Å². The van der Waals surface area contributed by atoms with E-state index in [0.717, 1.165) is 30.5 Å². The third kappa shape index (κ3) is 2.90. The van der Waals surface area contributed by atoms with Crippen molar-refractivity contribution >= 4 is 28.5 Å². The Balaban J connectivity index is 1.68. The predicted octanol–water partition coefficient (Wildman–Crippen LogP) is 3.36. The molecule has 5 rings (SSSR count). The van der Waals surface area contributed by atoms with E-state index < -0.39 is 11.4 Å². The smallest absolute Gasteiger partial charge is 0.341 e. The van der Waals surface area contributed by atoms with E-state index in [-0.39, 0.29) is 16.6 Å². The van der Waals surface area contributed by atoms with Crippen LogP contribution in [0.25, 0.3) is 15.9 Å². The molecular formula is C22H19N5O3. The Bertz CT molecular complexity index is 1260. The monoisotopic (exact) mass is 401 g/mol. The van der Waals surface area contributed by atoms with Gasteiger partial charge in [0.1, 0.15) is 17.0 Å². The molecule has 0 unspecified atom stereocenters. The number of carboxylic acid groups (broad SMARTS) is 1. The van der Waals surface area contributed by atoms with Crippen molar-refractivity contribution in [3.05, 3.63) is 69.1 Å². The molecule has 0 atom stereocenters. The van der Waals surface area contributed by atoms with Crippen molar-refractivity contribution in [2.45, 2.75) is 38.9 Å². The molecular weight excluding hydrogens is 382 g/mol. The third-order valence-corrected chi connectivity index (χ3v) is 6.03. The van der Waals surface area contributed by atoms with Gasteiger partial charge < -0.3 is 14.6 Å². The average Bonchev–Trinajstić information content (AvgIpc) is 3.15. The lowest BCUT2D eigenvalue weighted by Crippen LogP contribution is -2.25. The Kier molecular flexibility index (Phi) is 4.24. The summed E-state index contributed by atoms with van der Waals surface area (Å²) in [5.74, 6) is -0.317. The number of hydrogen-bond acceptors (Lipinski definition) is 5. The highest BCUT2D eigenvalue weighted by Gasteiger charge is 2.26. The van der Waals surface area contributed by atoms with E-state index in [0.29, 0.717) is 37.0 Å². The van der Waals surface area contributed by atoms with Crippen LogP contribution in [0.1, 0.15) is 40.9 Å². The Morgan fingerprint density at radius 2 is 2.17 bits per heavy atom. The molecule has 0 bridgehead atoms. The summed E-state index contributed by atoms with van der Waals surface area (Å²) in [5, 5.41) is 9.68. The minimum absolute atomic E-state index is 0.179. The number of nitrogens with zero attached hydrogens (tertiary/aromatic N) is 5. The average molecular weight is 401 g/mol. The normalized spacial score (nSPS) is 15.6. The van der Waals surface area contributed by atoms with Gasteiger partial charge in [-0.2, -0.15) is 0 Å². The predicted molar refractivity (Wildman–Crippen MR) is 111 cm³/mol. The molecule has 3 aromatic heterocycles. The minimum atomic E-state index is -1.27. The summed E-state index contributed by atoms with van der Waals surface area (Å²) in [4.78, 5) is 39.2.